The Labute approximate surface area is 181 Å². The minimum atomic E-state index is 0. The largest absolute Gasteiger partial charge is 0.520 e. The van der Waals surface area contributed by atoms with Crippen LogP contribution in [0.15, 0.2) is 60.7 Å². The van der Waals surface area contributed by atoms with Crippen molar-refractivity contribution >= 4 is 6.41 Å². The maximum atomic E-state index is 10.7. The van der Waals surface area contributed by atoms with E-state index < -0.39 is 0 Å². The molecule has 0 N–H and O–H groups in total. The van der Waals surface area contributed by atoms with E-state index in [4.69, 9.17) is 0 Å². The fraction of sp³-hybridized carbons (Fsp3) is 0.381. The summed E-state index contributed by atoms with van der Waals surface area (Å²) in [6.07, 6.45) is 2.02. The third-order valence-corrected chi connectivity index (χ3v) is 5.45. The van der Waals surface area contributed by atoms with Crippen molar-refractivity contribution in [1.82, 2.24) is 14.7 Å². The summed E-state index contributed by atoms with van der Waals surface area (Å²) in [5.74, 6) is 0. The third-order valence-electron chi connectivity index (χ3n) is 5.45. The Morgan fingerprint density at radius 2 is 1.31 bits per heavy atom. The molecule has 26 heavy (non-hydrogen) atoms. The molecule has 2 aromatic rings. The van der Waals surface area contributed by atoms with Gasteiger partial charge in [0.05, 0.1) is 6.04 Å². The van der Waals surface area contributed by atoms with E-state index >= 15 is 0 Å². The average Bonchev–Trinajstić information content (AvgIpc) is 2.66. The van der Waals surface area contributed by atoms with Gasteiger partial charge in [-0.15, -0.1) is 0 Å². The summed E-state index contributed by atoms with van der Waals surface area (Å²) in [7, 11) is 0. The molecule has 2 aromatic carbocycles. The number of amides is 1. The van der Waals surface area contributed by atoms with Crippen LogP contribution in [-0.2, 0) is 37.5 Å². The molecule has 0 saturated carbocycles. The summed E-state index contributed by atoms with van der Waals surface area (Å²) in [6.45, 7) is 5.71. The first-order valence-electron chi connectivity index (χ1n) is 9.06. The van der Waals surface area contributed by atoms with Crippen LogP contribution >= 0.6 is 0 Å². The minimum absolute atomic E-state index is 0. The Bertz CT molecular complexity index is 643. The second-order valence-electron chi connectivity index (χ2n) is 6.95. The summed E-state index contributed by atoms with van der Waals surface area (Å²) >= 11 is 0. The van der Waals surface area contributed by atoms with E-state index in [0.29, 0.717) is 12.1 Å². The van der Waals surface area contributed by atoms with Crippen molar-refractivity contribution in [1.29, 1.82) is 0 Å². The summed E-state index contributed by atoms with van der Waals surface area (Å²) < 4.78 is 0. The quantitative estimate of drug-likeness (QED) is 0.690. The smallest absolute Gasteiger partial charge is 0.0602 e. The number of likely N-dealkylation sites (tertiary alicyclic amines) is 1. The number of nitrogens with zero attached hydrogens (tertiary/aromatic N) is 3. The Hall–Kier alpha value is -1.07. The number of rotatable bonds is 5. The van der Waals surface area contributed by atoms with Crippen molar-refractivity contribution in [2.45, 2.75) is 12.1 Å². The second kappa shape index (κ2) is 9.23. The van der Waals surface area contributed by atoms with Crippen LogP contribution in [0.2, 0.25) is 0 Å². The zero-order valence-corrected chi connectivity index (χ0v) is 17.8. The molecule has 0 unspecified atom stereocenters. The maximum absolute atomic E-state index is 10.7. The Morgan fingerprint density at radius 1 is 0.808 bits per heavy atom. The molecule has 0 aliphatic carbocycles. The van der Waals surface area contributed by atoms with Crippen molar-refractivity contribution in [3.05, 3.63) is 71.8 Å². The fourth-order valence-corrected chi connectivity index (χ4v) is 3.99. The Balaban J connectivity index is 0.00000196. The fourth-order valence-electron chi connectivity index (χ4n) is 3.99. The first kappa shape index (κ1) is 19.7. The van der Waals surface area contributed by atoms with Gasteiger partial charge in [0.1, 0.15) is 0 Å². The number of hydrogen-bond donors (Lipinski definition) is 0. The third kappa shape index (κ3) is 4.25. The van der Waals surface area contributed by atoms with Crippen molar-refractivity contribution in [3.63, 3.8) is 0 Å². The van der Waals surface area contributed by atoms with Gasteiger partial charge in [0.25, 0.3) is 0 Å². The van der Waals surface area contributed by atoms with Gasteiger partial charge >= 0.3 is 0 Å². The molecule has 1 amide bonds. The second-order valence-corrected chi connectivity index (χ2v) is 6.95. The van der Waals surface area contributed by atoms with Crippen LogP contribution in [0.1, 0.15) is 17.2 Å². The zero-order chi connectivity index (χ0) is 17.1. The number of piperazine rings is 1. The van der Waals surface area contributed by atoms with Gasteiger partial charge in [-0.05, 0) is 11.1 Å². The van der Waals surface area contributed by atoms with Crippen molar-refractivity contribution < 1.29 is 37.5 Å². The summed E-state index contributed by atoms with van der Waals surface area (Å²) in [5, 5.41) is 0. The predicted octanol–water partition coefficient (Wildman–Crippen LogP) is 2.14. The van der Waals surface area contributed by atoms with Crippen LogP contribution in [-0.4, -0.2) is 66.4 Å². The van der Waals surface area contributed by atoms with Gasteiger partial charge in [0.15, 0.2) is 0 Å². The summed E-state index contributed by atoms with van der Waals surface area (Å²) in [4.78, 5) is 17.6. The van der Waals surface area contributed by atoms with Gasteiger partial charge in [-0.25, -0.2) is 0 Å². The van der Waals surface area contributed by atoms with Crippen LogP contribution in [0.3, 0.4) is 0 Å². The normalized spacial score (nSPS) is 19.0. The maximum Gasteiger partial charge on any atom is 0.0602 e. The molecule has 2 aliphatic rings. The van der Waals surface area contributed by atoms with Gasteiger partial charge in [0, 0.05) is 78.0 Å². The van der Waals surface area contributed by atoms with Gasteiger partial charge in [0.2, 0.25) is 0 Å². The molecular weight excluding hydrogens is 399 g/mol. The van der Waals surface area contributed by atoms with Crippen LogP contribution in [0, 0.1) is 0 Å². The topological polar surface area (TPSA) is 26.8 Å². The van der Waals surface area contributed by atoms with Crippen molar-refractivity contribution in [2.24, 2.45) is 0 Å². The van der Waals surface area contributed by atoms with E-state index in [1.54, 1.807) is 4.90 Å². The van der Waals surface area contributed by atoms with Crippen LogP contribution < -0.4 is 0 Å². The van der Waals surface area contributed by atoms with E-state index in [0.717, 1.165) is 39.3 Å². The summed E-state index contributed by atoms with van der Waals surface area (Å²) in [6, 6.07) is 22.5. The molecule has 2 fully saturated rings. The van der Waals surface area contributed by atoms with E-state index in [2.05, 4.69) is 70.5 Å². The molecule has 4 rings (SSSR count). The van der Waals surface area contributed by atoms with Crippen molar-refractivity contribution in [2.75, 3.05) is 39.3 Å². The summed E-state index contributed by atoms with van der Waals surface area (Å²) in [5.41, 5.74) is 2.71. The molecule has 4 nitrogen and oxygen atoms in total. The van der Waals surface area contributed by atoms with Gasteiger partial charge < -0.3 is 9.69 Å². The first-order chi connectivity index (χ1) is 12.3. The zero-order valence-electron chi connectivity index (χ0n) is 15.0. The van der Waals surface area contributed by atoms with Gasteiger partial charge in [-0.2, -0.15) is 6.41 Å². The number of carbonyl (C=O) groups excluding carboxylic acids is 1. The van der Waals surface area contributed by atoms with Crippen molar-refractivity contribution in [3.8, 4) is 0 Å². The molecule has 0 spiro atoms. The van der Waals surface area contributed by atoms with Gasteiger partial charge in [-0.3, -0.25) is 9.80 Å². The predicted molar refractivity (Wildman–Crippen MR) is 98.9 cm³/mol. The van der Waals surface area contributed by atoms with Crippen LogP contribution in [0.5, 0.6) is 0 Å². The molecule has 0 aromatic heterocycles. The Morgan fingerprint density at radius 3 is 1.77 bits per heavy atom. The molecule has 0 atom stereocenters. The van der Waals surface area contributed by atoms with E-state index in [9.17, 15) is 4.79 Å². The van der Waals surface area contributed by atoms with E-state index in [-0.39, 0.29) is 32.7 Å². The molecule has 0 bridgehead atoms. The van der Waals surface area contributed by atoms with Crippen LogP contribution in [0.25, 0.3) is 0 Å². The van der Waals surface area contributed by atoms with E-state index in [1.807, 2.05) is 6.41 Å². The SMILES string of the molecule is O=[C-]N1CCN(C2CN(C(c3ccccc3)c3ccccc3)C2)CC1.[Y]. The Kier molecular flexibility index (Phi) is 6.99. The minimum Gasteiger partial charge on any atom is -0.520 e. The molecular formula is C21H24N3OY-. The monoisotopic (exact) mass is 423 g/mol. The van der Waals surface area contributed by atoms with Crippen LogP contribution in [0.4, 0.5) is 0 Å². The standard InChI is InChI=1S/C21H24N3O.Y/c25-17-22-11-13-23(14-12-22)20-15-24(16-20)21(18-7-3-1-4-8-18)19-9-5-2-6-10-19;/h1-10,20-21H,11-16H2;/q-1;. The molecule has 133 valence electrons. The van der Waals surface area contributed by atoms with E-state index in [1.165, 1.54) is 11.1 Å². The molecule has 5 heteroatoms. The average molecular weight is 423 g/mol. The number of hydrogen-bond acceptors (Lipinski definition) is 3. The molecule has 2 heterocycles. The molecule has 2 saturated heterocycles. The molecule has 1 radical (unpaired) electrons. The van der Waals surface area contributed by atoms with Gasteiger partial charge in [-0.1, -0.05) is 60.7 Å². The molecule has 2 aliphatic heterocycles. The number of benzene rings is 2. The first-order valence-corrected chi connectivity index (χ1v) is 9.06.